The number of hydrogen-bond donors (Lipinski definition) is 5. The number of aromatic amines is 1. The van der Waals surface area contributed by atoms with Crippen LogP contribution in [0.2, 0.25) is 0 Å². The number of benzene rings is 2. The number of nitrogens with zero attached hydrogens (tertiary/aromatic N) is 1. The topological polar surface area (TPSA) is 167 Å². The maximum absolute atomic E-state index is 13.2. The lowest BCUT2D eigenvalue weighted by Crippen LogP contribution is -2.53. The van der Waals surface area contributed by atoms with Crippen molar-refractivity contribution >= 4 is 34.8 Å². The molecule has 1 aliphatic heterocycles. The van der Waals surface area contributed by atoms with E-state index in [1.807, 2.05) is 54.6 Å². The first kappa shape index (κ1) is 27.6. The Morgan fingerprint density at radius 2 is 1.79 bits per heavy atom. The van der Waals surface area contributed by atoms with Crippen molar-refractivity contribution in [3.8, 4) is 0 Å². The monoisotopic (exact) mass is 535 g/mol. The number of aliphatic carboxylic acids is 1. The van der Waals surface area contributed by atoms with Crippen LogP contribution in [0.15, 0.2) is 60.8 Å². The number of cyclic esters (lactones) is 1. The van der Waals surface area contributed by atoms with Gasteiger partial charge in [0.25, 0.3) is 0 Å². The molecule has 1 aromatic heterocycles. The molecule has 4 rings (SSSR count). The zero-order valence-corrected chi connectivity index (χ0v) is 21.5. The molecule has 3 amide bonds. The summed E-state index contributed by atoms with van der Waals surface area (Å²) in [4.78, 5) is 55.1. The number of carbonyl (C=O) groups excluding carboxylic acids is 3. The normalized spacial score (nSPS) is 16.5. The highest BCUT2D eigenvalue weighted by Crippen LogP contribution is 2.27. The van der Waals surface area contributed by atoms with Gasteiger partial charge in [-0.2, -0.15) is 0 Å². The largest absolute Gasteiger partial charge is 0.480 e. The fraction of sp³-hybridized carbons (Fsp3) is 0.357. The molecule has 1 saturated heterocycles. The van der Waals surface area contributed by atoms with Gasteiger partial charge in [0.2, 0.25) is 11.8 Å². The molecule has 0 radical (unpaired) electrons. The standard InChI is InChI=1S/C28H33N5O6/c29-13-7-6-12-22(31-25(34)16-33-24(17-39-28(33)38)18-8-2-1-3-9-18)26(35)32-23(27(36)37)14-19-15-30-21-11-5-4-10-20(19)21/h1-5,8-11,15,22-24,30H,6-7,12-14,16-17,29H2,(H,31,34)(H,32,35)(H,36,37)/t22-,23-,24?/m0/s1. The number of nitrogens with one attached hydrogen (secondary N) is 3. The van der Waals surface area contributed by atoms with Gasteiger partial charge in [-0.25, -0.2) is 9.59 Å². The van der Waals surface area contributed by atoms with Gasteiger partial charge >= 0.3 is 12.1 Å². The molecule has 1 fully saturated rings. The summed E-state index contributed by atoms with van der Waals surface area (Å²) in [6, 6.07) is 14.1. The first-order chi connectivity index (χ1) is 18.9. The van der Waals surface area contributed by atoms with Gasteiger partial charge in [-0.05, 0) is 43.0 Å². The summed E-state index contributed by atoms with van der Waals surface area (Å²) in [5, 5.41) is 16.0. The summed E-state index contributed by atoms with van der Waals surface area (Å²) in [6.45, 7) is 0.223. The molecule has 2 aromatic carbocycles. The van der Waals surface area contributed by atoms with E-state index in [2.05, 4.69) is 15.6 Å². The fourth-order valence-corrected chi connectivity index (χ4v) is 4.73. The van der Waals surface area contributed by atoms with E-state index < -0.39 is 42.0 Å². The van der Waals surface area contributed by atoms with Crippen molar-refractivity contribution in [2.75, 3.05) is 19.7 Å². The number of para-hydroxylation sites is 1. The zero-order chi connectivity index (χ0) is 27.8. The van der Waals surface area contributed by atoms with Crippen LogP contribution in [0, 0.1) is 0 Å². The second-order valence-electron chi connectivity index (χ2n) is 9.50. The van der Waals surface area contributed by atoms with Gasteiger partial charge < -0.3 is 31.2 Å². The second-order valence-corrected chi connectivity index (χ2v) is 9.50. The molecule has 0 spiro atoms. The average Bonchev–Trinajstić information content (AvgIpc) is 3.51. The summed E-state index contributed by atoms with van der Waals surface area (Å²) in [5.74, 6) is -2.35. The molecule has 39 heavy (non-hydrogen) atoms. The van der Waals surface area contributed by atoms with Gasteiger partial charge in [0.1, 0.15) is 25.2 Å². The molecule has 1 aliphatic rings. The highest BCUT2D eigenvalue weighted by Gasteiger charge is 2.36. The molecular weight excluding hydrogens is 502 g/mol. The van der Waals surface area contributed by atoms with Crippen LogP contribution in [-0.4, -0.2) is 70.6 Å². The minimum atomic E-state index is -1.21. The van der Waals surface area contributed by atoms with Crippen molar-refractivity contribution in [2.45, 2.75) is 43.8 Å². The molecule has 3 aromatic rings. The maximum Gasteiger partial charge on any atom is 0.410 e. The Bertz CT molecular complexity index is 1310. The number of fused-ring (bicyclic) bond motifs is 1. The Kier molecular flexibility index (Phi) is 9.16. The number of carbonyl (C=O) groups is 4. The van der Waals surface area contributed by atoms with Crippen LogP contribution >= 0.6 is 0 Å². The van der Waals surface area contributed by atoms with Crippen LogP contribution in [0.4, 0.5) is 4.79 Å². The zero-order valence-electron chi connectivity index (χ0n) is 21.5. The molecule has 6 N–H and O–H groups in total. The Hall–Kier alpha value is -4.38. The first-order valence-electron chi connectivity index (χ1n) is 12.9. The number of hydrogen-bond acceptors (Lipinski definition) is 6. The van der Waals surface area contributed by atoms with E-state index in [1.165, 1.54) is 4.90 Å². The average molecular weight is 536 g/mol. The minimum absolute atomic E-state index is 0.0624. The van der Waals surface area contributed by atoms with Crippen LogP contribution in [-0.2, 0) is 25.5 Å². The van der Waals surface area contributed by atoms with E-state index >= 15 is 0 Å². The Morgan fingerprint density at radius 3 is 2.54 bits per heavy atom. The number of unbranched alkanes of at least 4 members (excludes halogenated alkanes) is 1. The third kappa shape index (κ3) is 6.94. The SMILES string of the molecule is NCCCC[C@H](NC(=O)CN1C(=O)OCC1c1ccccc1)C(=O)N[C@@H](Cc1c[nH]c2ccccc12)C(=O)O. The lowest BCUT2D eigenvalue weighted by atomic mass is 10.0. The van der Waals surface area contributed by atoms with E-state index in [0.29, 0.717) is 19.4 Å². The number of carboxylic acids is 1. The molecule has 2 heterocycles. The van der Waals surface area contributed by atoms with Gasteiger partial charge in [0, 0.05) is 23.5 Å². The Balaban J connectivity index is 1.43. The highest BCUT2D eigenvalue weighted by atomic mass is 16.6. The van der Waals surface area contributed by atoms with Gasteiger partial charge in [0.15, 0.2) is 0 Å². The fourth-order valence-electron chi connectivity index (χ4n) is 4.73. The van der Waals surface area contributed by atoms with E-state index in [4.69, 9.17) is 10.5 Å². The molecule has 0 saturated carbocycles. The molecular formula is C28H33N5O6. The number of H-pyrrole nitrogens is 1. The molecule has 0 aliphatic carbocycles. The molecule has 1 unspecified atom stereocenters. The van der Waals surface area contributed by atoms with Crippen molar-refractivity contribution in [1.29, 1.82) is 0 Å². The number of ether oxygens (including phenoxy) is 1. The van der Waals surface area contributed by atoms with Crippen LogP contribution in [0.3, 0.4) is 0 Å². The van der Waals surface area contributed by atoms with Crippen LogP contribution in [0.25, 0.3) is 10.9 Å². The van der Waals surface area contributed by atoms with E-state index in [9.17, 15) is 24.3 Å². The van der Waals surface area contributed by atoms with Crippen molar-refractivity contribution in [3.05, 3.63) is 71.9 Å². The van der Waals surface area contributed by atoms with E-state index in [-0.39, 0.29) is 26.0 Å². The lowest BCUT2D eigenvalue weighted by Gasteiger charge is -2.24. The predicted molar refractivity (Wildman–Crippen MR) is 144 cm³/mol. The van der Waals surface area contributed by atoms with Crippen LogP contribution in [0.5, 0.6) is 0 Å². The van der Waals surface area contributed by atoms with Gasteiger partial charge in [-0.1, -0.05) is 48.5 Å². The van der Waals surface area contributed by atoms with Gasteiger partial charge in [-0.3, -0.25) is 14.5 Å². The van der Waals surface area contributed by atoms with Crippen molar-refractivity contribution in [3.63, 3.8) is 0 Å². The molecule has 3 atom stereocenters. The summed E-state index contributed by atoms with van der Waals surface area (Å²) in [5.41, 5.74) is 8.05. The first-order valence-corrected chi connectivity index (χ1v) is 12.9. The summed E-state index contributed by atoms with van der Waals surface area (Å²) in [7, 11) is 0. The highest BCUT2D eigenvalue weighted by molar-refractivity contribution is 5.92. The van der Waals surface area contributed by atoms with Crippen molar-refractivity contribution in [2.24, 2.45) is 5.73 Å². The number of amides is 3. The van der Waals surface area contributed by atoms with Crippen molar-refractivity contribution in [1.82, 2.24) is 20.5 Å². The third-order valence-corrected chi connectivity index (χ3v) is 6.79. The quantitative estimate of drug-likeness (QED) is 0.209. The molecule has 206 valence electrons. The predicted octanol–water partition coefficient (Wildman–Crippen LogP) is 2.09. The minimum Gasteiger partial charge on any atom is -0.480 e. The third-order valence-electron chi connectivity index (χ3n) is 6.79. The van der Waals surface area contributed by atoms with Crippen LogP contribution in [0.1, 0.15) is 36.4 Å². The number of carboxylic acid groups (broad SMARTS) is 1. The van der Waals surface area contributed by atoms with Crippen LogP contribution < -0.4 is 16.4 Å². The number of aromatic nitrogens is 1. The molecule has 0 bridgehead atoms. The molecule has 11 heteroatoms. The molecule has 11 nitrogen and oxygen atoms in total. The maximum atomic E-state index is 13.2. The van der Waals surface area contributed by atoms with E-state index in [0.717, 1.165) is 22.0 Å². The summed E-state index contributed by atoms with van der Waals surface area (Å²) in [6.07, 6.45) is 2.62. The Morgan fingerprint density at radius 1 is 1.05 bits per heavy atom. The smallest absolute Gasteiger partial charge is 0.410 e. The Labute approximate surface area is 225 Å². The summed E-state index contributed by atoms with van der Waals surface area (Å²) < 4.78 is 5.17. The number of rotatable bonds is 13. The van der Waals surface area contributed by atoms with Gasteiger partial charge in [0.05, 0.1) is 6.04 Å². The summed E-state index contributed by atoms with van der Waals surface area (Å²) >= 11 is 0. The van der Waals surface area contributed by atoms with Crippen molar-refractivity contribution < 1.29 is 29.0 Å². The van der Waals surface area contributed by atoms with E-state index in [1.54, 1.807) is 6.20 Å². The van der Waals surface area contributed by atoms with Gasteiger partial charge in [-0.15, -0.1) is 0 Å². The lowest BCUT2D eigenvalue weighted by molar-refractivity contribution is -0.142. The second kappa shape index (κ2) is 12.9. The number of nitrogens with two attached hydrogens (primary N) is 1.